The van der Waals surface area contributed by atoms with Crippen molar-refractivity contribution in [3.05, 3.63) is 113 Å². The predicted molar refractivity (Wildman–Crippen MR) is 132 cm³/mol. The fourth-order valence-electron chi connectivity index (χ4n) is 3.78. The van der Waals surface area contributed by atoms with Gasteiger partial charge in [0.15, 0.2) is 0 Å². The lowest BCUT2D eigenvalue weighted by Gasteiger charge is -2.10. The second-order valence-corrected chi connectivity index (χ2v) is 7.80. The molecule has 0 amide bonds. The van der Waals surface area contributed by atoms with Crippen molar-refractivity contribution >= 4 is 16.9 Å². The normalized spacial score (nSPS) is 10.9. The van der Waals surface area contributed by atoms with Crippen LogP contribution >= 0.6 is 0 Å². The summed E-state index contributed by atoms with van der Waals surface area (Å²) in [5, 5.41) is 4.69. The molecule has 5 aromatic rings. The SMILES string of the molecule is CCOC(=O)c1oc2cc(OCc3ccccc3)ccc2c(=O)c1-c1cnn(-c2ccccc2)c1. The summed E-state index contributed by atoms with van der Waals surface area (Å²) in [5.41, 5.74) is 2.28. The Kier molecular flexibility index (Phi) is 6.13. The average molecular weight is 466 g/mol. The molecule has 0 saturated carbocycles. The summed E-state index contributed by atoms with van der Waals surface area (Å²) in [6, 6.07) is 24.2. The lowest BCUT2D eigenvalue weighted by molar-refractivity contribution is 0.0492. The monoisotopic (exact) mass is 466 g/mol. The molecule has 0 N–H and O–H groups in total. The molecule has 0 spiro atoms. The molecule has 174 valence electrons. The summed E-state index contributed by atoms with van der Waals surface area (Å²) in [6.07, 6.45) is 3.22. The van der Waals surface area contributed by atoms with E-state index in [-0.39, 0.29) is 28.9 Å². The molecule has 0 fully saturated rings. The number of fused-ring (bicyclic) bond motifs is 1. The standard InChI is InChI=1S/C28H22N2O5/c1-2-33-28(32)27-25(20-16-29-30(17-20)21-11-7-4-8-12-21)26(31)23-14-13-22(15-24(23)35-27)34-18-19-9-5-3-6-10-19/h3-17H,2,18H2,1H3. The average Bonchev–Trinajstić information content (AvgIpc) is 3.38. The van der Waals surface area contributed by atoms with E-state index in [1.807, 2.05) is 60.7 Å². The van der Waals surface area contributed by atoms with Gasteiger partial charge in [-0.05, 0) is 36.8 Å². The number of ether oxygens (including phenoxy) is 2. The Hall–Kier alpha value is -4.65. The third kappa shape index (κ3) is 4.56. The third-order valence-electron chi connectivity index (χ3n) is 5.47. The largest absolute Gasteiger partial charge is 0.489 e. The summed E-state index contributed by atoms with van der Waals surface area (Å²) in [4.78, 5) is 26.3. The van der Waals surface area contributed by atoms with Gasteiger partial charge in [0.1, 0.15) is 17.9 Å². The number of nitrogens with zero attached hydrogens (tertiary/aromatic N) is 2. The molecule has 7 nitrogen and oxygen atoms in total. The molecule has 0 atom stereocenters. The first kappa shape index (κ1) is 22.2. The summed E-state index contributed by atoms with van der Waals surface area (Å²) in [5.74, 6) is -0.370. The van der Waals surface area contributed by atoms with E-state index in [9.17, 15) is 9.59 Å². The fraction of sp³-hybridized carbons (Fsp3) is 0.107. The van der Waals surface area contributed by atoms with Crippen molar-refractivity contribution in [1.82, 2.24) is 9.78 Å². The zero-order valence-electron chi connectivity index (χ0n) is 19.0. The number of esters is 1. The minimum atomic E-state index is -0.718. The van der Waals surface area contributed by atoms with Gasteiger partial charge in [0.2, 0.25) is 11.2 Å². The molecule has 35 heavy (non-hydrogen) atoms. The number of hydrogen-bond acceptors (Lipinski definition) is 6. The zero-order valence-corrected chi connectivity index (χ0v) is 19.0. The van der Waals surface area contributed by atoms with Crippen molar-refractivity contribution in [1.29, 1.82) is 0 Å². The quantitative estimate of drug-likeness (QED) is 0.299. The lowest BCUT2D eigenvalue weighted by Crippen LogP contribution is -2.14. The number of carbonyl (C=O) groups is 1. The number of rotatable bonds is 7. The van der Waals surface area contributed by atoms with Crippen molar-refractivity contribution in [2.75, 3.05) is 6.61 Å². The van der Waals surface area contributed by atoms with Gasteiger partial charge in [-0.15, -0.1) is 0 Å². The molecular weight excluding hydrogens is 444 g/mol. The molecule has 2 heterocycles. The van der Waals surface area contributed by atoms with Gasteiger partial charge in [-0.1, -0.05) is 48.5 Å². The maximum atomic E-state index is 13.5. The van der Waals surface area contributed by atoms with Crippen LogP contribution in [-0.4, -0.2) is 22.4 Å². The van der Waals surface area contributed by atoms with Crippen molar-refractivity contribution in [3.8, 4) is 22.6 Å². The highest BCUT2D eigenvalue weighted by molar-refractivity contribution is 5.97. The first-order valence-electron chi connectivity index (χ1n) is 11.2. The van der Waals surface area contributed by atoms with E-state index in [0.29, 0.717) is 23.3 Å². The van der Waals surface area contributed by atoms with Crippen LogP contribution in [0.5, 0.6) is 5.75 Å². The van der Waals surface area contributed by atoms with Crippen molar-refractivity contribution < 1.29 is 18.7 Å². The molecular formula is C28H22N2O5. The van der Waals surface area contributed by atoms with Crippen LogP contribution in [0.2, 0.25) is 0 Å². The maximum Gasteiger partial charge on any atom is 0.375 e. The third-order valence-corrected chi connectivity index (χ3v) is 5.47. The Labute approximate surface area is 201 Å². The van der Waals surface area contributed by atoms with Crippen LogP contribution < -0.4 is 10.2 Å². The molecule has 5 rings (SSSR count). The number of carbonyl (C=O) groups excluding carboxylic acids is 1. The van der Waals surface area contributed by atoms with Crippen LogP contribution in [0.1, 0.15) is 23.0 Å². The fourth-order valence-corrected chi connectivity index (χ4v) is 3.78. The van der Waals surface area contributed by atoms with E-state index in [0.717, 1.165) is 11.3 Å². The molecule has 0 saturated heterocycles. The molecule has 0 aliphatic carbocycles. The number of hydrogen-bond donors (Lipinski definition) is 0. The first-order valence-corrected chi connectivity index (χ1v) is 11.2. The van der Waals surface area contributed by atoms with Crippen LogP contribution in [0.3, 0.4) is 0 Å². The van der Waals surface area contributed by atoms with Gasteiger partial charge in [0.25, 0.3) is 0 Å². The van der Waals surface area contributed by atoms with Gasteiger partial charge in [0.05, 0.1) is 29.4 Å². The van der Waals surface area contributed by atoms with E-state index in [1.54, 1.807) is 36.0 Å². The summed E-state index contributed by atoms with van der Waals surface area (Å²) >= 11 is 0. The first-order chi connectivity index (χ1) is 17.1. The van der Waals surface area contributed by atoms with Crippen LogP contribution in [0.4, 0.5) is 0 Å². The second-order valence-electron chi connectivity index (χ2n) is 7.80. The smallest absolute Gasteiger partial charge is 0.375 e. The molecule has 3 aromatic carbocycles. The van der Waals surface area contributed by atoms with E-state index in [4.69, 9.17) is 13.9 Å². The van der Waals surface area contributed by atoms with Gasteiger partial charge in [-0.3, -0.25) is 4.79 Å². The molecule has 0 radical (unpaired) electrons. The highest BCUT2D eigenvalue weighted by Crippen LogP contribution is 2.28. The van der Waals surface area contributed by atoms with E-state index >= 15 is 0 Å². The Morgan fingerprint density at radius 1 is 1.00 bits per heavy atom. The second kappa shape index (κ2) is 9.69. The maximum absolute atomic E-state index is 13.5. The van der Waals surface area contributed by atoms with Crippen LogP contribution in [-0.2, 0) is 11.3 Å². The minimum absolute atomic E-state index is 0.107. The molecule has 0 aliphatic heterocycles. The summed E-state index contributed by atoms with van der Waals surface area (Å²) < 4.78 is 18.6. The van der Waals surface area contributed by atoms with E-state index in [1.165, 1.54) is 6.20 Å². The van der Waals surface area contributed by atoms with Crippen molar-refractivity contribution in [2.24, 2.45) is 0 Å². The van der Waals surface area contributed by atoms with Crippen LogP contribution in [0.15, 0.2) is 100 Å². The molecule has 0 bridgehead atoms. The van der Waals surface area contributed by atoms with Gasteiger partial charge in [-0.2, -0.15) is 5.10 Å². The molecule has 7 heteroatoms. The molecule has 0 aliphatic rings. The predicted octanol–water partition coefficient (Wildman–Crippen LogP) is 5.40. The van der Waals surface area contributed by atoms with Crippen molar-refractivity contribution in [2.45, 2.75) is 13.5 Å². The number of benzene rings is 3. The zero-order chi connectivity index (χ0) is 24.2. The van der Waals surface area contributed by atoms with Gasteiger partial charge >= 0.3 is 5.97 Å². The Morgan fingerprint density at radius 2 is 1.74 bits per heavy atom. The summed E-state index contributed by atoms with van der Waals surface area (Å²) in [7, 11) is 0. The Balaban J connectivity index is 1.57. The number of para-hydroxylation sites is 1. The highest BCUT2D eigenvalue weighted by Gasteiger charge is 2.24. The van der Waals surface area contributed by atoms with Crippen LogP contribution in [0.25, 0.3) is 27.8 Å². The highest BCUT2D eigenvalue weighted by atomic mass is 16.5. The molecule has 2 aromatic heterocycles. The lowest BCUT2D eigenvalue weighted by atomic mass is 10.0. The van der Waals surface area contributed by atoms with Crippen molar-refractivity contribution in [3.63, 3.8) is 0 Å². The Morgan fingerprint density at radius 3 is 2.49 bits per heavy atom. The number of aromatic nitrogens is 2. The van der Waals surface area contributed by atoms with Crippen LogP contribution in [0, 0.1) is 0 Å². The Bertz CT molecular complexity index is 1540. The van der Waals surface area contributed by atoms with E-state index < -0.39 is 5.97 Å². The summed E-state index contributed by atoms with van der Waals surface area (Å²) in [6.45, 7) is 2.20. The molecule has 0 unspecified atom stereocenters. The van der Waals surface area contributed by atoms with E-state index in [2.05, 4.69) is 5.10 Å². The minimum Gasteiger partial charge on any atom is -0.489 e. The van der Waals surface area contributed by atoms with Gasteiger partial charge in [0, 0.05) is 17.8 Å². The van der Waals surface area contributed by atoms with Gasteiger partial charge in [-0.25, -0.2) is 9.48 Å². The topological polar surface area (TPSA) is 83.6 Å². The van der Waals surface area contributed by atoms with Gasteiger partial charge < -0.3 is 13.9 Å².